The van der Waals surface area contributed by atoms with Crippen molar-refractivity contribution in [3.05, 3.63) is 88.0 Å². The van der Waals surface area contributed by atoms with Crippen molar-refractivity contribution in [2.45, 2.75) is 0 Å². The topological polar surface area (TPSA) is 47.6 Å². The molecule has 4 nitrogen and oxygen atoms in total. The van der Waals surface area contributed by atoms with Gasteiger partial charge in [0.1, 0.15) is 24.7 Å². The summed E-state index contributed by atoms with van der Waals surface area (Å²) in [6.45, 7) is 0.750. The fraction of sp³-hybridized carbons (Fsp3) is 0.0952. The highest BCUT2D eigenvalue weighted by Crippen LogP contribution is 2.20. The van der Waals surface area contributed by atoms with Crippen LogP contribution in [0, 0.1) is 3.57 Å². The van der Waals surface area contributed by atoms with Crippen LogP contribution in [0.2, 0.25) is 0 Å². The van der Waals surface area contributed by atoms with Crippen molar-refractivity contribution < 1.29 is 14.3 Å². The van der Waals surface area contributed by atoms with Crippen molar-refractivity contribution in [3.63, 3.8) is 0 Å². The normalized spacial score (nSPS) is 10.2. The number of rotatable bonds is 7. The van der Waals surface area contributed by atoms with Gasteiger partial charge in [0.25, 0.3) is 5.91 Å². The van der Waals surface area contributed by atoms with Gasteiger partial charge in [-0.3, -0.25) is 4.79 Å². The minimum Gasteiger partial charge on any atom is -0.490 e. The summed E-state index contributed by atoms with van der Waals surface area (Å²) in [5.41, 5.74) is 1.24. The lowest BCUT2D eigenvalue weighted by Crippen LogP contribution is -2.15. The molecule has 26 heavy (non-hydrogen) atoms. The van der Waals surface area contributed by atoms with Crippen molar-refractivity contribution in [1.82, 2.24) is 0 Å². The Hall–Kier alpha value is -2.54. The number of benzene rings is 3. The Morgan fingerprint density at radius 2 is 1.46 bits per heavy atom. The van der Waals surface area contributed by atoms with E-state index in [9.17, 15) is 4.79 Å². The monoisotopic (exact) mass is 459 g/mol. The molecule has 0 atom stereocenters. The van der Waals surface area contributed by atoms with Gasteiger partial charge in [-0.05, 0) is 71.1 Å². The highest BCUT2D eigenvalue weighted by Gasteiger charge is 2.12. The second-order valence-corrected chi connectivity index (χ2v) is 6.71. The SMILES string of the molecule is O=C(Nc1ccc(I)cc1)c1ccccc1OCCOc1ccccc1. The molecule has 1 N–H and O–H groups in total. The summed E-state index contributed by atoms with van der Waals surface area (Å²) in [6.07, 6.45) is 0. The van der Waals surface area contributed by atoms with Gasteiger partial charge < -0.3 is 14.8 Å². The fourth-order valence-corrected chi connectivity index (χ4v) is 2.70. The number of para-hydroxylation sites is 2. The van der Waals surface area contributed by atoms with E-state index in [1.54, 1.807) is 12.1 Å². The van der Waals surface area contributed by atoms with Crippen LogP contribution in [-0.4, -0.2) is 19.1 Å². The second kappa shape index (κ2) is 9.24. The minimum absolute atomic E-state index is 0.203. The van der Waals surface area contributed by atoms with Crippen LogP contribution in [0.1, 0.15) is 10.4 Å². The molecule has 0 radical (unpaired) electrons. The number of anilines is 1. The molecular weight excluding hydrogens is 441 g/mol. The number of hydrogen-bond donors (Lipinski definition) is 1. The number of halogens is 1. The van der Waals surface area contributed by atoms with Crippen LogP contribution in [-0.2, 0) is 0 Å². The van der Waals surface area contributed by atoms with E-state index in [1.807, 2.05) is 66.7 Å². The zero-order valence-electron chi connectivity index (χ0n) is 14.0. The average Bonchev–Trinajstić information content (AvgIpc) is 2.68. The van der Waals surface area contributed by atoms with E-state index in [2.05, 4.69) is 27.9 Å². The molecule has 0 saturated carbocycles. The van der Waals surface area contributed by atoms with Crippen LogP contribution in [0.5, 0.6) is 11.5 Å². The molecule has 132 valence electrons. The van der Waals surface area contributed by atoms with E-state index in [4.69, 9.17) is 9.47 Å². The highest BCUT2D eigenvalue weighted by molar-refractivity contribution is 14.1. The smallest absolute Gasteiger partial charge is 0.259 e. The summed E-state index contributed by atoms with van der Waals surface area (Å²) in [5, 5.41) is 2.89. The van der Waals surface area contributed by atoms with Crippen molar-refractivity contribution >= 4 is 34.2 Å². The number of carbonyl (C=O) groups excluding carboxylic acids is 1. The molecule has 0 aliphatic carbocycles. The Balaban J connectivity index is 1.58. The number of hydrogen-bond acceptors (Lipinski definition) is 3. The van der Waals surface area contributed by atoms with Gasteiger partial charge in [-0.2, -0.15) is 0 Å². The van der Waals surface area contributed by atoms with Crippen LogP contribution in [0.4, 0.5) is 5.69 Å². The first-order valence-corrected chi connectivity index (χ1v) is 9.27. The van der Waals surface area contributed by atoms with Crippen LogP contribution in [0.15, 0.2) is 78.9 Å². The first kappa shape index (κ1) is 18.3. The van der Waals surface area contributed by atoms with Gasteiger partial charge in [0, 0.05) is 9.26 Å². The standard InChI is InChI=1S/C21H18INO3/c22-16-10-12-17(13-11-16)23-21(24)19-8-4-5-9-20(19)26-15-14-25-18-6-2-1-3-7-18/h1-13H,14-15H2,(H,23,24). The van der Waals surface area contributed by atoms with Crippen LogP contribution < -0.4 is 14.8 Å². The lowest BCUT2D eigenvalue weighted by Gasteiger charge is -2.12. The second-order valence-electron chi connectivity index (χ2n) is 5.47. The van der Waals surface area contributed by atoms with Crippen molar-refractivity contribution in [2.75, 3.05) is 18.5 Å². The minimum atomic E-state index is -0.203. The van der Waals surface area contributed by atoms with E-state index in [0.717, 1.165) is 15.0 Å². The molecule has 0 spiro atoms. The molecule has 0 aliphatic rings. The molecule has 5 heteroatoms. The van der Waals surface area contributed by atoms with E-state index in [1.165, 1.54) is 0 Å². The number of nitrogens with one attached hydrogen (secondary N) is 1. The maximum atomic E-state index is 12.5. The van der Waals surface area contributed by atoms with Crippen molar-refractivity contribution in [1.29, 1.82) is 0 Å². The van der Waals surface area contributed by atoms with Crippen LogP contribution >= 0.6 is 22.6 Å². The maximum absolute atomic E-state index is 12.5. The van der Waals surface area contributed by atoms with Gasteiger partial charge in [0.15, 0.2) is 0 Å². The Bertz CT molecular complexity index is 851. The first-order valence-electron chi connectivity index (χ1n) is 8.19. The molecule has 0 unspecified atom stereocenters. The van der Waals surface area contributed by atoms with Crippen LogP contribution in [0.3, 0.4) is 0 Å². The summed E-state index contributed by atoms with van der Waals surface area (Å²) in [5.74, 6) is 1.12. The Morgan fingerprint density at radius 3 is 2.23 bits per heavy atom. The van der Waals surface area contributed by atoms with Crippen molar-refractivity contribution in [3.8, 4) is 11.5 Å². The predicted octanol–water partition coefficient (Wildman–Crippen LogP) is 5.00. The third kappa shape index (κ3) is 5.23. The predicted molar refractivity (Wildman–Crippen MR) is 111 cm³/mol. The summed E-state index contributed by atoms with van der Waals surface area (Å²) < 4.78 is 12.5. The summed E-state index contributed by atoms with van der Waals surface area (Å²) in [7, 11) is 0. The van der Waals surface area contributed by atoms with E-state index < -0.39 is 0 Å². The van der Waals surface area contributed by atoms with E-state index >= 15 is 0 Å². The summed E-state index contributed by atoms with van der Waals surface area (Å²) >= 11 is 2.23. The number of amides is 1. The zero-order chi connectivity index (χ0) is 18.2. The van der Waals surface area contributed by atoms with Gasteiger partial charge >= 0.3 is 0 Å². The zero-order valence-corrected chi connectivity index (χ0v) is 16.2. The molecule has 1 amide bonds. The van der Waals surface area contributed by atoms with Gasteiger partial charge in [-0.1, -0.05) is 30.3 Å². The third-order valence-electron chi connectivity index (χ3n) is 3.59. The Kier molecular flexibility index (Phi) is 6.49. The average molecular weight is 459 g/mol. The molecule has 0 aromatic heterocycles. The molecule has 0 fully saturated rings. The lowest BCUT2D eigenvalue weighted by molar-refractivity contribution is 0.102. The van der Waals surface area contributed by atoms with Gasteiger partial charge in [0.05, 0.1) is 5.56 Å². The molecule has 0 saturated heterocycles. The molecule has 3 rings (SSSR count). The lowest BCUT2D eigenvalue weighted by atomic mass is 10.2. The third-order valence-corrected chi connectivity index (χ3v) is 4.31. The fourth-order valence-electron chi connectivity index (χ4n) is 2.34. The quantitative estimate of drug-likeness (QED) is 0.400. The largest absolute Gasteiger partial charge is 0.490 e. The number of carbonyl (C=O) groups is 1. The van der Waals surface area contributed by atoms with E-state index in [-0.39, 0.29) is 5.91 Å². The summed E-state index contributed by atoms with van der Waals surface area (Å²) in [6, 6.07) is 24.4. The van der Waals surface area contributed by atoms with E-state index in [0.29, 0.717) is 24.5 Å². The Labute approximate surface area is 166 Å². The number of ether oxygens (including phenoxy) is 2. The molecular formula is C21H18INO3. The van der Waals surface area contributed by atoms with Gasteiger partial charge in [0.2, 0.25) is 0 Å². The van der Waals surface area contributed by atoms with Crippen LogP contribution in [0.25, 0.3) is 0 Å². The Morgan fingerprint density at radius 1 is 0.808 bits per heavy atom. The summed E-state index contributed by atoms with van der Waals surface area (Å²) in [4.78, 5) is 12.5. The highest BCUT2D eigenvalue weighted by atomic mass is 127. The molecule has 0 heterocycles. The molecule has 3 aromatic rings. The molecule has 0 bridgehead atoms. The molecule has 0 aliphatic heterocycles. The molecule has 3 aromatic carbocycles. The van der Waals surface area contributed by atoms with Gasteiger partial charge in [-0.15, -0.1) is 0 Å². The van der Waals surface area contributed by atoms with Crippen molar-refractivity contribution in [2.24, 2.45) is 0 Å². The maximum Gasteiger partial charge on any atom is 0.259 e. The van der Waals surface area contributed by atoms with Gasteiger partial charge in [-0.25, -0.2) is 0 Å². The first-order chi connectivity index (χ1) is 12.7.